The molecule has 1 aliphatic rings. The third-order valence-electron chi connectivity index (χ3n) is 2.68. The van der Waals surface area contributed by atoms with Gasteiger partial charge in [-0.15, -0.1) is 0 Å². The summed E-state index contributed by atoms with van der Waals surface area (Å²) < 4.78 is 0. The van der Waals surface area contributed by atoms with E-state index in [1.807, 2.05) is 18.3 Å². The molecule has 1 aromatic rings. The molecule has 1 saturated heterocycles. The minimum atomic E-state index is -0.668. The van der Waals surface area contributed by atoms with Crippen molar-refractivity contribution in [2.75, 3.05) is 13.1 Å². The van der Waals surface area contributed by atoms with Gasteiger partial charge in [0.25, 0.3) is 0 Å². The Labute approximate surface area is 82.5 Å². The average molecular weight is 194 g/mol. The second-order valence-electron chi connectivity index (χ2n) is 3.75. The van der Waals surface area contributed by atoms with Crippen molar-refractivity contribution in [3.63, 3.8) is 0 Å². The number of carboxylic acid groups (broad SMARTS) is 1. The van der Waals surface area contributed by atoms with Crippen molar-refractivity contribution < 1.29 is 9.90 Å². The molecule has 0 aromatic carbocycles. The number of H-pyrrole nitrogens is 1. The lowest BCUT2D eigenvalue weighted by Crippen LogP contribution is -2.22. The highest BCUT2D eigenvalue weighted by atomic mass is 16.4. The second kappa shape index (κ2) is 3.84. The number of nitrogens with zero attached hydrogens (tertiary/aromatic N) is 1. The van der Waals surface area contributed by atoms with Crippen LogP contribution in [0.4, 0.5) is 0 Å². The number of aliphatic carboxylic acids is 1. The highest BCUT2D eigenvalue weighted by Gasteiger charge is 2.27. The summed E-state index contributed by atoms with van der Waals surface area (Å²) in [7, 11) is 0. The van der Waals surface area contributed by atoms with Crippen LogP contribution in [0.15, 0.2) is 18.3 Å². The molecule has 1 aliphatic heterocycles. The molecule has 0 bridgehead atoms. The van der Waals surface area contributed by atoms with E-state index in [1.165, 1.54) is 0 Å². The van der Waals surface area contributed by atoms with Crippen LogP contribution in [0.3, 0.4) is 0 Å². The minimum absolute atomic E-state index is 0.176. The topological polar surface area (TPSA) is 56.3 Å². The van der Waals surface area contributed by atoms with Gasteiger partial charge >= 0.3 is 5.97 Å². The Bertz CT molecular complexity index is 308. The largest absolute Gasteiger partial charge is 0.481 e. The normalized spacial score (nSPS) is 22.7. The fraction of sp³-hybridized carbons (Fsp3) is 0.500. The molecule has 4 heteroatoms. The quantitative estimate of drug-likeness (QED) is 0.752. The van der Waals surface area contributed by atoms with Gasteiger partial charge in [-0.05, 0) is 25.1 Å². The van der Waals surface area contributed by atoms with Crippen LogP contribution in [0.5, 0.6) is 0 Å². The molecular formula is C10H14N2O2. The Morgan fingerprint density at radius 1 is 1.71 bits per heavy atom. The smallest absolute Gasteiger partial charge is 0.307 e. The Morgan fingerprint density at radius 2 is 2.57 bits per heavy atom. The van der Waals surface area contributed by atoms with Gasteiger partial charge in [0.1, 0.15) is 0 Å². The Balaban J connectivity index is 1.87. The van der Waals surface area contributed by atoms with E-state index in [-0.39, 0.29) is 5.92 Å². The summed E-state index contributed by atoms with van der Waals surface area (Å²) in [6.45, 7) is 2.39. The van der Waals surface area contributed by atoms with Crippen LogP contribution in [0.25, 0.3) is 0 Å². The van der Waals surface area contributed by atoms with Gasteiger partial charge in [-0.25, -0.2) is 0 Å². The Hall–Kier alpha value is -1.29. The summed E-state index contributed by atoms with van der Waals surface area (Å²) in [5.41, 5.74) is 1.15. The number of hydrogen-bond donors (Lipinski definition) is 2. The van der Waals surface area contributed by atoms with E-state index in [0.717, 1.165) is 25.2 Å². The third kappa shape index (κ3) is 1.96. The first-order valence-electron chi connectivity index (χ1n) is 4.83. The van der Waals surface area contributed by atoms with E-state index < -0.39 is 5.97 Å². The van der Waals surface area contributed by atoms with E-state index in [4.69, 9.17) is 5.11 Å². The molecule has 0 saturated carbocycles. The van der Waals surface area contributed by atoms with Crippen LogP contribution in [0.2, 0.25) is 0 Å². The van der Waals surface area contributed by atoms with Crippen molar-refractivity contribution in [2.24, 2.45) is 5.92 Å². The molecule has 1 atom stereocenters. The summed E-state index contributed by atoms with van der Waals surface area (Å²) in [6.07, 6.45) is 2.66. The SMILES string of the molecule is O=C(O)C1CCN(Cc2ccc[nH]2)C1. The fourth-order valence-corrected chi connectivity index (χ4v) is 1.88. The summed E-state index contributed by atoms with van der Waals surface area (Å²) >= 11 is 0. The van der Waals surface area contributed by atoms with Gasteiger partial charge in [-0.2, -0.15) is 0 Å². The maximum atomic E-state index is 10.7. The van der Waals surface area contributed by atoms with Crippen molar-refractivity contribution in [1.82, 2.24) is 9.88 Å². The van der Waals surface area contributed by atoms with Crippen LogP contribution >= 0.6 is 0 Å². The monoisotopic (exact) mass is 194 g/mol. The van der Waals surface area contributed by atoms with Crippen molar-refractivity contribution in [3.05, 3.63) is 24.0 Å². The number of carbonyl (C=O) groups is 1. The molecule has 2 N–H and O–H groups in total. The number of carboxylic acids is 1. The zero-order chi connectivity index (χ0) is 9.97. The first-order valence-corrected chi connectivity index (χ1v) is 4.83. The zero-order valence-electron chi connectivity index (χ0n) is 7.94. The zero-order valence-corrected chi connectivity index (χ0v) is 7.94. The maximum absolute atomic E-state index is 10.7. The van der Waals surface area contributed by atoms with Gasteiger partial charge in [0.05, 0.1) is 5.92 Å². The molecule has 1 fully saturated rings. The van der Waals surface area contributed by atoms with E-state index in [2.05, 4.69) is 9.88 Å². The molecule has 0 radical (unpaired) electrons. The first-order chi connectivity index (χ1) is 6.75. The molecular weight excluding hydrogens is 180 g/mol. The van der Waals surface area contributed by atoms with Crippen LogP contribution in [0, 0.1) is 5.92 Å². The average Bonchev–Trinajstić information content (AvgIpc) is 2.75. The Kier molecular flexibility index (Phi) is 2.54. The molecule has 0 spiro atoms. The number of hydrogen-bond acceptors (Lipinski definition) is 2. The molecule has 76 valence electrons. The van der Waals surface area contributed by atoms with Crippen LogP contribution < -0.4 is 0 Å². The first kappa shape index (κ1) is 9.27. The second-order valence-corrected chi connectivity index (χ2v) is 3.75. The van der Waals surface area contributed by atoms with E-state index in [1.54, 1.807) is 0 Å². The van der Waals surface area contributed by atoms with Crippen LogP contribution in [0.1, 0.15) is 12.1 Å². The lowest BCUT2D eigenvalue weighted by Gasteiger charge is -2.13. The van der Waals surface area contributed by atoms with Gasteiger partial charge in [0.15, 0.2) is 0 Å². The van der Waals surface area contributed by atoms with E-state index in [0.29, 0.717) is 6.54 Å². The van der Waals surface area contributed by atoms with Crippen LogP contribution in [-0.4, -0.2) is 34.0 Å². The lowest BCUT2D eigenvalue weighted by molar-refractivity contribution is -0.141. The molecule has 1 aromatic heterocycles. The molecule has 2 rings (SSSR count). The summed E-state index contributed by atoms with van der Waals surface area (Å²) in [6, 6.07) is 3.98. The number of likely N-dealkylation sites (tertiary alicyclic amines) is 1. The predicted molar refractivity (Wildman–Crippen MR) is 51.8 cm³/mol. The van der Waals surface area contributed by atoms with Crippen molar-refractivity contribution in [1.29, 1.82) is 0 Å². The van der Waals surface area contributed by atoms with Crippen molar-refractivity contribution in [3.8, 4) is 0 Å². The summed E-state index contributed by atoms with van der Waals surface area (Å²) in [4.78, 5) is 16.0. The lowest BCUT2D eigenvalue weighted by atomic mass is 10.1. The molecule has 0 aliphatic carbocycles. The van der Waals surface area contributed by atoms with Crippen molar-refractivity contribution in [2.45, 2.75) is 13.0 Å². The van der Waals surface area contributed by atoms with Gasteiger partial charge in [0, 0.05) is 25.0 Å². The van der Waals surface area contributed by atoms with Gasteiger partial charge in [-0.1, -0.05) is 0 Å². The highest BCUT2D eigenvalue weighted by molar-refractivity contribution is 5.70. The molecule has 4 nitrogen and oxygen atoms in total. The summed E-state index contributed by atoms with van der Waals surface area (Å²) in [5, 5.41) is 8.82. The van der Waals surface area contributed by atoms with E-state index in [9.17, 15) is 4.79 Å². The number of aromatic amines is 1. The number of rotatable bonds is 3. The molecule has 14 heavy (non-hydrogen) atoms. The molecule has 2 heterocycles. The molecule has 1 unspecified atom stereocenters. The molecule has 0 amide bonds. The minimum Gasteiger partial charge on any atom is -0.481 e. The number of aromatic nitrogens is 1. The predicted octanol–water partition coefficient (Wildman–Crippen LogP) is 0.921. The van der Waals surface area contributed by atoms with Crippen LogP contribution in [-0.2, 0) is 11.3 Å². The van der Waals surface area contributed by atoms with Gasteiger partial charge in [0.2, 0.25) is 0 Å². The van der Waals surface area contributed by atoms with Crippen molar-refractivity contribution >= 4 is 5.97 Å². The summed E-state index contributed by atoms with van der Waals surface area (Å²) in [5.74, 6) is -0.844. The van der Waals surface area contributed by atoms with Gasteiger partial charge < -0.3 is 10.1 Å². The maximum Gasteiger partial charge on any atom is 0.307 e. The van der Waals surface area contributed by atoms with Gasteiger partial charge in [-0.3, -0.25) is 9.69 Å². The van der Waals surface area contributed by atoms with E-state index >= 15 is 0 Å². The third-order valence-corrected chi connectivity index (χ3v) is 2.68. The number of nitrogens with one attached hydrogen (secondary N) is 1. The Morgan fingerprint density at radius 3 is 3.14 bits per heavy atom. The standard InChI is InChI=1S/C10H14N2O2/c13-10(14)8-3-5-12(6-8)7-9-2-1-4-11-9/h1-2,4,8,11H,3,5-7H2,(H,13,14). The highest BCUT2D eigenvalue weighted by Crippen LogP contribution is 2.17. The fourth-order valence-electron chi connectivity index (χ4n) is 1.88.